The molecule has 0 aliphatic heterocycles. The summed E-state index contributed by atoms with van der Waals surface area (Å²) in [5.74, 6) is 0.812. The van der Waals surface area contributed by atoms with Crippen molar-refractivity contribution < 1.29 is 0 Å². The minimum atomic E-state index is 0. The minimum absolute atomic E-state index is 0. The van der Waals surface area contributed by atoms with Gasteiger partial charge in [-0.2, -0.15) is 5.10 Å². The van der Waals surface area contributed by atoms with Gasteiger partial charge in [0.2, 0.25) is 5.56 Å². The number of aromatic nitrogens is 3. The lowest BCUT2D eigenvalue weighted by molar-refractivity contribution is 0.565. The number of pyridine rings is 1. The Bertz CT molecular complexity index is 668. The van der Waals surface area contributed by atoms with Gasteiger partial charge in [0.25, 0.3) is 0 Å². The van der Waals surface area contributed by atoms with Crippen LogP contribution in [-0.2, 0) is 13.1 Å². The quantitative estimate of drug-likeness (QED) is 0.260. The van der Waals surface area contributed by atoms with Gasteiger partial charge in [-0.15, -0.1) is 24.0 Å². The van der Waals surface area contributed by atoms with Gasteiger partial charge in [0.1, 0.15) is 0 Å². The Kier molecular flexibility index (Phi) is 10.6. The Morgan fingerprint density at radius 1 is 1.08 bits per heavy atom. The zero-order chi connectivity index (χ0) is 17.0. The Balaban J connectivity index is 0.00000312. The summed E-state index contributed by atoms with van der Waals surface area (Å²) in [5.41, 5.74) is 0.0557. The smallest absolute Gasteiger partial charge is 0.250 e. The fourth-order valence-electron chi connectivity index (χ4n) is 2.36. The van der Waals surface area contributed by atoms with Crippen LogP contribution in [0.5, 0.6) is 0 Å². The molecule has 0 spiro atoms. The molecule has 0 radical (unpaired) electrons. The molecular formula is C17H27IN6O. The van der Waals surface area contributed by atoms with Crippen LogP contribution < -0.4 is 16.2 Å². The van der Waals surface area contributed by atoms with E-state index in [4.69, 9.17) is 0 Å². The summed E-state index contributed by atoms with van der Waals surface area (Å²) in [7, 11) is 1.77. The van der Waals surface area contributed by atoms with Crippen molar-refractivity contribution in [3.63, 3.8) is 0 Å². The molecule has 0 aromatic carbocycles. The van der Waals surface area contributed by atoms with Crippen molar-refractivity contribution in [2.75, 3.05) is 20.1 Å². The number of aliphatic imine (C=N–C) groups is 1. The molecule has 2 N–H and O–H groups in total. The second kappa shape index (κ2) is 12.5. The third-order valence-corrected chi connectivity index (χ3v) is 3.66. The Morgan fingerprint density at radius 3 is 2.56 bits per heavy atom. The van der Waals surface area contributed by atoms with E-state index in [2.05, 4.69) is 20.7 Å². The molecule has 2 aromatic heterocycles. The van der Waals surface area contributed by atoms with Crippen LogP contribution in [-0.4, -0.2) is 40.4 Å². The first-order chi connectivity index (χ1) is 11.8. The number of nitrogens with one attached hydrogen (secondary N) is 2. The molecule has 25 heavy (non-hydrogen) atoms. The number of hydrogen-bond acceptors (Lipinski definition) is 3. The zero-order valence-corrected chi connectivity index (χ0v) is 16.9. The number of guanidine groups is 1. The highest BCUT2D eigenvalue weighted by Crippen LogP contribution is 1.92. The van der Waals surface area contributed by atoms with E-state index in [-0.39, 0.29) is 29.5 Å². The molecule has 0 saturated carbocycles. The number of halogens is 1. The minimum Gasteiger partial charge on any atom is -0.356 e. The number of nitrogens with zero attached hydrogens (tertiary/aromatic N) is 4. The second-order valence-corrected chi connectivity index (χ2v) is 5.49. The molecule has 138 valence electrons. The largest absolute Gasteiger partial charge is 0.356 e. The van der Waals surface area contributed by atoms with Crippen LogP contribution >= 0.6 is 24.0 Å². The van der Waals surface area contributed by atoms with E-state index in [1.165, 1.54) is 0 Å². The molecule has 0 fully saturated rings. The van der Waals surface area contributed by atoms with Crippen LogP contribution in [0.3, 0.4) is 0 Å². The Labute approximate surface area is 165 Å². The van der Waals surface area contributed by atoms with E-state index in [0.29, 0.717) is 0 Å². The van der Waals surface area contributed by atoms with Crippen LogP contribution in [0.25, 0.3) is 0 Å². The predicted octanol–water partition coefficient (Wildman–Crippen LogP) is 1.70. The zero-order valence-electron chi connectivity index (χ0n) is 14.6. The number of rotatable bonds is 9. The van der Waals surface area contributed by atoms with Crippen molar-refractivity contribution in [1.82, 2.24) is 25.0 Å². The van der Waals surface area contributed by atoms with Gasteiger partial charge in [0.15, 0.2) is 5.96 Å². The molecule has 0 amide bonds. The van der Waals surface area contributed by atoms with Crippen LogP contribution in [0, 0.1) is 0 Å². The molecule has 0 unspecified atom stereocenters. The van der Waals surface area contributed by atoms with Crippen molar-refractivity contribution in [2.45, 2.75) is 32.4 Å². The summed E-state index contributed by atoms with van der Waals surface area (Å²) in [6.07, 6.45) is 8.50. The lowest BCUT2D eigenvalue weighted by Gasteiger charge is -2.12. The summed E-state index contributed by atoms with van der Waals surface area (Å²) in [5, 5.41) is 10.8. The fourth-order valence-corrected chi connectivity index (χ4v) is 2.36. The van der Waals surface area contributed by atoms with Gasteiger partial charge in [0.05, 0.1) is 0 Å². The Morgan fingerprint density at radius 2 is 1.88 bits per heavy atom. The summed E-state index contributed by atoms with van der Waals surface area (Å²) >= 11 is 0. The third kappa shape index (κ3) is 8.19. The van der Waals surface area contributed by atoms with E-state index in [1.54, 1.807) is 29.9 Å². The maximum atomic E-state index is 11.6. The number of hydrogen-bond donors (Lipinski definition) is 2. The summed E-state index contributed by atoms with van der Waals surface area (Å²) in [6, 6.07) is 7.17. The average molecular weight is 458 g/mol. The summed E-state index contributed by atoms with van der Waals surface area (Å²) < 4.78 is 3.66. The number of aryl methyl sites for hydroxylation is 2. The molecule has 7 nitrogen and oxygen atoms in total. The molecule has 0 aliphatic rings. The van der Waals surface area contributed by atoms with Crippen molar-refractivity contribution in [2.24, 2.45) is 4.99 Å². The van der Waals surface area contributed by atoms with E-state index < -0.39 is 0 Å². The molecule has 0 aliphatic carbocycles. The van der Waals surface area contributed by atoms with E-state index >= 15 is 0 Å². The van der Waals surface area contributed by atoms with Crippen molar-refractivity contribution >= 4 is 29.9 Å². The van der Waals surface area contributed by atoms with Gasteiger partial charge in [-0.1, -0.05) is 6.07 Å². The monoisotopic (exact) mass is 458 g/mol. The number of unbranched alkanes of at least 4 members (excludes halogenated alkanes) is 1. The molecule has 0 bridgehead atoms. The SMILES string of the molecule is CN=C(NCCCCn1ccccc1=O)NCCCn1cccn1.I. The molecular weight excluding hydrogens is 431 g/mol. The molecule has 2 aromatic rings. The summed E-state index contributed by atoms with van der Waals surface area (Å²) in [6.45, 7) is 3.32. The van der Waals surface area contributed by atoms with E-state index in [1.807, 2.05) is 29.2 Å². The molecule has 2 rings (SSSR count). The first kappa shape index (κ1) is 21.2. The first-order valence-corrected chi connectivity index (χ1v) is 8.37. The fraction of sp³-hybridized carbons (Fsp3) is 0.471. The van der Waals surface area contributed by atoms with Gasteiger partial charge in [-0.05, 0) is 31.4 Å². The lowest BCUT2D eigenvalue weighted by atomic mass is 10.3. The average Bonchev–Trinajstić information content (AvgIpc) is 3.11. The highest BCUT2D eigenvalue weighted by atomic mass is 127. The maximum Gasteiger partial charge on any atom is 0.250 e. The standard InChI is InChI=1S/C17H26N6O.HI/c1-18-17(20-10-6-14-23-15-7-11-21-23)19-9-3-5-13-22-12-4-2-8-16(22)24;/h2,4,7-8,11-12,15H,3,5-6,9-10,13-14H2,1H3,(H2,18,19,20);1H. The maximum absolute atomic E-state index is 11.6. The highest BCUT2D eigenvalue weighted by Gasteiger charge is 1.98. The predicted molar refractivity (Wildman–Crippen MR) is 112 cm³/mol. The van der Waals surface area contributed by atoms with Gasteiger partial charge in [-0.25, -0.2) is 0 Å². The van der Waals surface area contributed by atoms with E-state index in [0.717, 1.165) is 51.4 Å². The van der Waals surface area contributed by atoms with Crippen LogP contribution in [0.1, 0.15) is 19.3 Å². The van der Waals surface area contributed by atoms with Crippen LogP contribution in [0.4, 0.5) is 0 Å². The van der Waals surface area contributed by atoms with Gasteiger partial charge >= 0.3 is 0 Å². The highest BCUT2D eigenvalue weighted by molar-refractivity contribution is 14.0. The van der Waals surface area contributed by atoms with Crippen LogP contribution in [0.2, 0.25) is 0 Å². The van der Waals surface area contributed by atoms with Crippen molar-refractivity contribution in [3.05, 3.63) is 53.2 Å². The van der Waals surface area contributed by atoms with Crippen LogP contribution in [0.15, 0.2) is 52.6 Å². The summed E-state index contributed by atoms with van der Waals surface area (Å²) in [4.78, 5) is 15.8. The van der Waals surface area contributed by atoms with Gasteiger partial charge in [-0.3, -0.25) is 14.5 Å². The lowest BCUT2D eigenvalue weighted by Crippen LogP contribution is -2.38. The normalized spacial score (nSPS) is 11.0. The van der Waals surface area contributed by atoms with Gasteiger partial charge in [0, 0.05) is 57.9 Å². The molecule has 0 saturated heterocycles. The first-order valence-electron chi connectivity index (χ1n) is 8.37. The molecule has 8 heteroatoms. The third-order valence-electron chi connectivity index (χ3n) is 3.66. The van der Waals surface area contributed by atoms with E-state index in [9.17, 15) is 4.79 Å². The Hall–Kier alpha value is -1.84. The topological polar surface area (TPSA) is 76.2 Å². The van der Waals surface area contributed by atoms with Crippen molar-refractivity contribution in [1.29, 1.82) is 0 Å². The van der Waals surface area contributed by atoms with Crippen molar-refractivity contribution in [3.8, 4) is 0 Å². The molecule has 0 atom stereocenters. The molecule has 2 heterocycles. The van der Waals surface area contributed by atoms with Gasteiger partial charge < -0.3 is 15.2 Å². The second-order valence-electron chi connectivity index (χ2n) is 5.49.